The fourth-order valence-electron chi connectivity index (χ4n) is 3.32. The molecule has 1 aliphatic carbocycles. The van der Waals surface area contributed by atoms with Crippen molar-refractivity contribution in [2.24, 2.45) is 5.41 Å². The highest BCUT2D eigenvalue weighted by Gasteiger charge is 2.67. The lowest BCUT2D eigenvalue weighted by molar-refractivity contribution is -0.121. The summed E-state index contributed by atoms with van der Waals surface area (Å²) in [5, 5.41) is 3.49. The van der Waals surface area contributed by atoms with E-state index in [0.717, 1.165) is 12.0 Å². The summed E-state index contributed by atoms with van der Waals surface area (Å²) in [4.78, 5) is 12.1. The van der Waals surface area contributed by atoms with Gasteiger partial charge in [-0.05, 0) is 63.6 Å². The number of benzene rings is 1. The van der Waals surface area contributed by atoms with Crippen LogP contribution in [0.5, 0.6) is 0 Å². The van der Waals surface area contributed by atoms with E-state index < -0.39 is 5.54 Å². The first kappa shape index (κ1) is 15.2. The van der Waals surface area contributed by atoms with Gasteiger partial charge in [-0.2, -0.15) is 0 Å². The molecule has 0 spiro atoms. The number of hydrogen-bond acceptors (Lipinski definition) is 2. The minimum absolute atomic E-state index is 0.120. The SMILES string of the molecule is CC(=O)[C@@]1(NC(C)(C)C)C[C@@]1(C)Cc1cccc(F)c1. The monoisotopic (exact) mass is 277 g/mol. The topological polar surface area (TPSA) is 29.1 Å². The Labute approximate surface area is 120 Å². The molecular formula is C17H24FNO. The number of hydrogen-bond donors (Lipinski definition) is 1. The highest BCUT2D eigenvalue weighted by Crippen LogP contribution is 2.59. The second-order valence-electron chi connectivity index (χ2n) is 7.38. The van der Waals surface area contributed by atoms with Gasteiger partial charge in [0.25, 0.3) is 0 Å². The van der Waals surface area contributed by atoms with Gasteiger partial charge in [0.05, 0.1) is 5.54 Å². The molecular weight excluding hydrogens is 253 g/mol. The summed E-state index contributed by atoms with van der Waals surface area (Å²) >= 11 is 0. The normalized spacial score (nSPS) is 29.3. The summed E-state index contributed by atoms with van der Waals surface area (Å²) in [5.74, 6) is -0.0460. The molecule has 1 N–H and O–H groups in total. The Morgan fingerprint density at radius 1 is 1.40 bits per heavy atom. The average Bonchev–Trinajstić information content (AvgIpc) is 2.81. The van der Waals surface area contributed by atoms with Gasteiger partial charge in [-0.15, -0.1) is 0 Å². The van der Waals surface area contributed by atoms with Crippen molar-refractivity contribution in [3.8, 4) is 0 Å². The number of nitrogens with one attached hydrogen (secondary N) is 1. The molecule has 1 saturated carbocycles. The molecule has 0 bridgehead atoms. The predicted octanol–water partition coefficient (Wildman–Crippen LogP) is 3.49. The maximum absolute atomic E-state index is 13.3. The van der Waals surface area contributed by atoms with Crippen molar-refractivity contribution < 1.29 is 9.18 Å². The van der Waals surface area contributed by atoms with Crippen molar-refractivity contribution >= 4 is 5.78 Å². The van der Waals surface area contributed by atoms with Gasteiger partial charge in [0.2, 0.25) is 0 Å². The fourth-order valence-corrected chi connectivity index (χ4v) is 3.32. The molecule has 0 aliphatic heterocycles. The number of rotatable bonds is 4. The molecule has 3 heteroatoms. The molecule has 1 aliphatic rings. The molecule has 1 aromatic rings. The first-order chi connectivity index (χ1) is 9.08. The van der Waals surface area contributed by atoms with Crippen LogP contribution < -0.4 is 5.32 Å². The second kappa shape index (κ2) is 4.66. The van der Waals surface area contributed by atoms with Crippen molar-refractivity contribution in [2.45, 2.75) is 58.5 Å². The van der Waals surface area contributed by atoms with E-state index in [9.17, 15) is 9.18 Å². The van der Waals surface area contributed by atoms with Crippen molar-refractivity contribution in [3.63, 3.8) is 0 Å². The standard InChI is InChI=1S/C17H24FNO/c1-12(20)17(19-15(2,3)4)11-16(17,5)10-13-7-6-8-14(18)9-13/h6-9,19H,10-11H2,1-5H3/t16-,17+/m1/s1. The molecule has 2 nitrogen and oxygen atoms in total. The summed E-state index contributed by atoms with van der Waals surface area (Å²) in [6.07, 6.45) is 1.52. The van der Waals surface area contributed by atoms with Crippen LogP contribution in [0.2, 0.25) is 0 Å². The minimum Gasteiger partial charge on any atom is -0.300 e. The van der Waals surface area contributed by atoms with E-state index in [2.05, 4.69) is 33.0 Å². The van der Waals surface area contributed by atoms with Crippen LogP contribution in [-0.2, 0) is 11.2 Å². The first-order valence-electron chi connectivity index (χ1n) is 7.13. The summed E-state index contributed by atoms with van der Waals surface area (Å²) in [6, 6.07) is 6.66. The Balaban J connectivity index is 2.22. The van der Waals surface area contributed by atoms with Crippen molar-refractivity contribution in [1.29, 1.82) is 0 Å². The third kappa shape index (κ3) is 2.78. The zero-order chi connectivity index (χ0) is 15.2. The van der Waals surface area contributed by atoms with Crippen LogP contribution in [0, 0.1) is 11.2 Å². The lowest BCUT2D eigenvalue weighted by Crippen LogP contribution is -2.52. The molecule has 2 atom stereocenters. The van der Waals surface area contributed by atoms with Crippen molar-refractivity contribution in [1.82, 2.24) is 5.32 Å². The molecule has 0 heterocycles. The quantitative estimate of drug-likeness (QED) is 0.912. The van der Waals surface area contributed by atoms with E-state index in [1.165, 1.54) is 6.07 Å². The van der Waals surface area contributed by atoms with E-state index in [1.807, 2.05) is 6.07 Å². The van der Waals surface area contributed by atoms with E-state index in [0.29, 0.717) is 6.42 Å². The maximum atomic E-state index is 13.3. The molecule has 1 fully saturated rings. The summed E-state index contributed by atoms with van der Waals surface area (Å²) in [5.41, 5.74) is 0.217. The number of carbonyl (C=O) groups is 1. The molecule has 0 amide bonds. The number of ketones is 1. The van der Waals surface area contributed by atoms with Gasteiger partial charge in [0, 0.05) is 5.54 Å². The highest BCUT2D eigenvalue weighted by molar-refractivity contribution is 5.91. The maximum Gasteiger partial charge on any atom is 0.150 e. The van der Waals surface area contributed by atoms with Crippen molar-refractivity contribution in [2.75, 3.05) is 0 Å². The Morgan fingerprint density at radius 2 is 2.05 bits per heavy atom. The lowest BCUT2D eigenvalue weighted by atomic mass is 9.89. The third-order valence-electron chi connectivity index (χ3n) is 4.23. The zero-order valence-electron chi connectivity index (χ0n) is 13.0. The van der Waals surface area contributed by atoms with Gasteiger partial charge >= 0.3 is 0 Å². The van der Waals surface area contributed by atoms with Crippen LogP contribution in [0.1, 0.15) is 46.6 Å². The summed E-state index contributed by atoms with van der Waals surface area (Å²) in [6.45, 7) is 9.96. The van der Waals surface area contributed by atoms with Gasteiger partial charge in [0.1, 0.15) is 11.6 Å². The zero-order valence-corrected chi connectivity index (χ0v) is 13.0. The second-order valence-corrected chi connectivity index (χ2v) is 7.38. The van der Waals surface area contributed by atoms with Gasteiger partial charge < -0.3 is 0 Å². The summed E-state index contributed by atoms with van der Waals surface area (Å²) < 4.78 is 13.3. The molecule has 20 heavy (non-hydrogen) atoms. The average molecular weight is 277 g/mol. The van der Waals surface area contributed by atoms with Gasteiger partial charge in [-0.1, -0.05) is 19.1 Å². The largest absolute Gasteiger partial charge is 0.300 e. The van der Waals surface area contributed by atoms with Crippen LogP contribution >= 0.6 is 0 Å². The van der Waals surface area contributed by atoms with Crippen molar-refractivity contribution in [3.05, 3.63) is 35.6 Å². The Morgan fingerprint density at radius 3 is 2.55 bits per heavy atom. The van der Waals surface area contributed by atoms with Crippen LogP contribution in [0.3, 0.4) is 0 Å². The third-order valence-corrected chi connectivity index (χ3v) is 4.23. The summed E-state index contributed by atoms with van der Waals surface area (Å²) in [7, 11) is 0. The van der Waals surface area contributed by atoms with Crippen LogP contribution in [0.4, 0.5) is 4.39 Å². The molecule has 0 aromatic heterocycles. The van der Waals surface area contributed by atoms with Crippen LogP contribution in [0.25, 0.3) is 0 Å². The smallest absolute Gasteiger partial charge is 0.150 e. The van der Waals surface area contributed by atoms with Crippen LogP contribution in [0.15, 0.2) is 24.3 Å². The Bertz CT molecular complexity index is 534. The Kier molecular flexibility index (Phi) is 3.53. The van der Waals surface area contributed by atoms with Gasteiger partial charge in [0.15, 0.2) is 0 Å². The van der Waals surface area contributed by atoms with E-state index in [-0.39, 0.29) is 22.6 Å². The molecule has 0 unspecified atom stereocenters. The predicted molar refractivity (Wildman–Crippen MR) is 79.1 cm³/mol. The number of halogens is 1. The minimum atomic E-state index is -0.475. The lowest BCUT2D eigenvalue weighted by Gasteiger charge is -2.31. The molecule has 2 rings (SSSR count). The van der Waals surface area contributed by atoms with E-state index in [4.69, 9.17) is 0 Å². The molecule has 0 radical (unpaired) electrons. The van der Waals surface area contributed by atoms with Gasteiger partial charge in [-0.25, -0.2) is 4.39 Å². The number of Topliss-reactive ketones (excluding diaryl/α,β-unsaturated/α-hetero) is 1. The van der Waals surface area contributed by atoms with E-state index in [1.54, 1.807) is 19.1 Å². The van der Waals surface area contributed by atoms with Gasteiger partial charge in [-0.3, -0.25) is 10.1 Å². The molecule has 1 aromatic carbocycles. The highest BCUT2D eigenvalue weighted by atomic mass is 19.1. The Hall–Kier alpha value is -1.22. The van der Waals surface area contributed by atoms with Crippen LogP contribution in [-0.4, -0.2) is 16.9 Å². The first-order valence-corrected chi connectivity index (χ1v) is 7.13. The molecule has 110 valence electrons. The van der Waals surface area contributed by atoms with E-state index >= 15 is 0 Å². The fraction of sp³-hybridized carbons (Fsp3) is 0.588. The molecule has 0 saturated heterocycles. The number of carbonyl (C=O) groups excluding carboxylic acids is 1.